The summed E-state index contributed by atoms with van der Waals surface area (Å²) in [4.78, 5) is 0. The van der Waals surface area contributed by atoms with Crippen LogP contribution < -0.4 is 5.32 Å². The Hall–Kier alpha value is -0.820. The van der Waals surface area contributed by atoms with Gasteiger partial charge in [0.25, 0.3) is 0 Å². The molecular weight excluding hydrogens is 254 g/mol. The number of hydrogen-bond donors (Lipinski definition) is 1. The van der Waals surface area contributed by atoms with Crippen molar-refractivity contribution in [1.82, 2.24) is 5.32 Å². The summed E-state index contributed by atoms with van der Waals surface area (Å²) >= 11 is 0. The molecule has 1 aromatic carbocycles. The molecule has 0 bridgehead atoms. The zero-order valence-electron chi connectivity index (χ0n) is 14.9. The molecule has 0 aromatic heterocycles. The molecule has 0 aliphatic heterocycles. The Labute approximate surface area is 132 Å². The average molecular weight is 290 g/mol. The Morgan fingerprint density at radius 1 is 0.810 bits per heavy atom. The molecule has 1 heteroatoms. The van der Waals surface area contributed by atoms with Gasteiger partial charge in [0, 0.05) is 6.54 Å². The molecule has 0 radical (unpaired) electrons. The van der Waals surface area contributed by atoms with Gasteiger partial charge in [-0.15, -0.1) is 0 Å². The minimum atomic E-state index is 0.615. The van der Waals surface area contributed by atoms with Crippen molar-refractivity contribution in [2.75, 3.05) is 13.1 Å². The number of rotatable bonds is 9. The Morgan fingerprint density at radius 3 is 1.76 bits per heavy atom. The minimum absolute atomic E-state index is 0.615. The Balaban J connectivity index is 2.83. The van der Waals surface area contributed by atoms with E-state index < -0.39 is 0 Å². The molecule has 0 spiro atoms. The highest BCUT2D eigenvalue weighted by Gasteiger charge is 2.20. The van der Waals surface area contributed by atoms with Gasteiger partial charge < -0.3 is 5.32 Å². The largest absolute Gasteiger partial charge is 0.316 e. The van der Waals surface area contributed by atoms with Crippen molar-refractivity contribution in [3.63, 3.8) is 0 Å². The molecular formula is C20H35N. The van der Waals surface area contributed by atoms with Crippen LogP contribution in [0.3, 0.4) is 0 Å². The van der Waals surface area contributed by atoms with Gasteiger partial charge in [-0.2, -0.15) is 0 Å². The molecule has 0 saturated heterocycles. The second kappa shape index (κ2) is 9.25. The molecule has 0 heterocycles. The molecule has 0 amide bonds. The molecule has 0 aliphatic carbocycles. The van der Waals surface area contributed by atoms with Crippen LogP contribution in [0.15, 0.2) is 24.3 Å². The van der Waals surface area contributed by atoms with E-state index in [-0.39, 0.29) is 0 Å². The molecule has 1 nitrogen and oxygen atoms in total. The summed E-state index contributed by atoms with van der Waals surface area (Å²) in [6.07, 6.45) is 2.52. The van der Waals surface area contributed by atoms with Gasteiger partial charge in [-0.3, -0.25) is 0 Å². The lowest BCUT2D eigenvalue weighted by molar-refractivity contribution is 0.373. The van der Waals surface area contributed by atoms with Crippen LogP contribution in [-0.4, -0.2) is 13.1 Å². The summed E-state index contributed by atoms with van der Waals surface area (Å²) < 4.78 is 0. The van der Waals surface area contributed by atoms with Crippen molar-refractivity contribution in [3.8, 4) is 0 Å². The van der Waals surface area contributed by atoms with Gasteiger partial charge in [-0.1, -0.05) is 78.6 Å². The lowest BCUT2D eigenvalue weighted by Gasteiger charge is -2.27. The SMILES string of the molecule is CCC(CC)C(CNCC(C)C)c1ccc(C(C)C)cc1. The Morgan fingerprint density at radius 2 is 1.33 bits per heavy atom. The van der Waals surface area contributed by atoms with Gasteiger partial charge in [-0.05, 0) is 41.3 Å². The molecule has 0 fully saturated rings. The lowest BCUT2D eigenvalue weighted by Crippen LogP contribution is -2.29. The van der Waals surface area contributed by atoms with Crippen LogP contribution in [0.4, 0.5) is 0 Å². The maximum atomic E-state index is 3.67. The van der Waals surface area contributed by atoms with Crippen molar-refractivity contribution >= 4 is 0 Å². The van der Waals surface area contributed by atoms with E-state index in [9.17, 15) is 0 Å². The van der Waals surface area contributed by atoms with E-state index in [1.807, 2.05) is 0 Å². The zero-order valence-corrected chi connectivity index (χ0v) is 14.9. The summed E-state index contributed by atoms with van der Waals surface area (Å²) in [5.74, 6) is 2.75. The van der Waals surface area contributed by atoms with Crippen LogP contribution in [0.2, 0.25) is 0 Å². The molecule has 120 valence electrons. The van der Waals surface area contributed by atoms with E-state index in [4.69, 9.17) is 0 Å². The maximum absolute atomic E-state index is 3.67. The van der Waals surface area contributed by atoms with Gasteiger partial charge in [0.2, 0.25) is 0 Å². The first kappa shape index (κ1) is 18.2. The van der Waals surface area contributed by atoms with Crippen LogP contribution in [0.5, 0.6) is 0 Å². The highest BCUT2D eigenvalue weighted by molar-refractivity contribution is 5.28. The van der Waals surface area contributed by atoms with E-state index in [1.165, 1.54) is 24.0 Å². The molecule has 1 unspecified atom stereocenters. The quantitative estimate of drug-likeness (QED) is 0.626. The fourth-order valence-electron chi connectivity index (χ4n) is 3.07. The fourth-order valence-corrected chi connectivity index (χ4v) is 3.07. The molecule has 1 N–H and O–H groups in total. The molecule has 0 aliphatic rings. The first-order chi connectivity index (χ1) is 9.99. The predicted molar refractivity (Wildman–Crippen MR) is 95.1 cm³/mol. The van der Waals surface area contributed by atoms with E-state index in [0.717, 1.165) is 24.9 Å². The smallest absolute Gasteiger partial charge is 0.00229 e. The summed E-state index contributed by atoms with van der Waals surface area (Å²) in [7, 11) is 0. The van der Waals surface area contributed by atoms with Crippen LogP contribution in [0, 0.1) is 11.8 Å². The third-order valence-electron chi connectivity index (χ3n) is 4.57. The van der Waals surface area contributed by atoms with Crippen molar-refractivity contribution in [2.24, 2.45) is 11.8 Å². The summed E-state index contributed by atoms with van der Waals surface area (Å²) in [5.41, 5.74) is 2.95. The zero-order chi connectivity index (χ0) is 15.8. The van der Waals surface area contributed by atoms with Crippen LogP contribution in [0.1, 0.15) is 77.3 Å². The Bertz CT molecular complexity index is 373. The highest BCUT2D eigenvalue weighted by atomic mass is 14.9. The molecule has 1 aromatic rings. The van der Waals surface area contributed by atoms with Crippen LogP contribution >= 0.6 is 0 Å². The van der Waals surface area contributed by atoms with Crippen molar-refractivity contribution in [3.05, 3.63) is 35.4 Å². The standard InChI is InChI=1S/C20H35N/c1-7-17(8-2)20(14-21-13-15(3)4)19-11-9-18(10-12-19)16(5)6/h9-12,15-17,20-21H,7-8,13-14H2,1-6H3. The first-order valence-electron chi connectivity index (χ1n) is 8.80. The van der Waals surface area contributed by atoms with E-state index in [0.29, 0.717) is 11.8 Å². The number of nitrogens with one attached hydrogen (secondary N) is 1. The van der Waals surface area contributed by atoms with Crippen LogP contribution in [-0.2, 0) is 0 Å². The van der Waals surface area contributed by atoms with Crippen molar-refractivity contribution < 1.29 is 0 Å². The molecule has 21 heavy (non-hydrogen) atoms. The summed E-state index contributed by atoms with van der Waals surface area (Å²) in [5, 5.41) is 3.67. The van der Waals surface area contributed by atoms with Gasteiger partial charge in [0.05, 0.1) is 0 Å². The first-order valence-corrected chi connectivity index (χ1v) is 8.80. The van der Waals surface area contributed by atoms with Gasteiger partial charge >= 0.3 is 0 Å². The highest BCUT2D eigenvalue weighted by Crippen LogP contribution is 2.30. The third-order valence-corrected chi connectivity index (χ3v) is 4.57. The van der Waals surface area contributed by atoms with Crippen molar-refractivity contribution in [1.29, 1.82) is 0 Å². The van der Waals surface area contributed by atoms with Crippen LogP contribution in [0.25, 0.3) is 0 Å². The molecule has 1 rings (SSSR count). The normalized spacial score (nSPS) is 13.4. The van der Waals surface area contributed by atoms with E-state index >= 15 is 0 Å². The third kappa shape index (κ3) is 5.82. The molecule has 1 atom stereocenters. The summed E-state index contributed by atoms with van der Waals surface area (Å²) in [6, 6.07) is 9.35. The lowest BCUT2D eigenvalue weighted by atomic mass is 9.82. The number of hydrogen-bond acceptors (Lipinski definition) is 1. The second-order valence-corrected chi connectivity index (χ2v) is 7.06. The predicted octanol–water partition coefficient (Wildman–Crippen LogP) is 5.58. The number of benzene rings is 1. The van der Waals surface area contributed by atoms with Gasteiger partial charge in [0.1, 0.15) is 0 Å². The topological polar surface area (TPSA) is 12.0 Å². The van der Waals surface area contributed by atoms with E-state index in [2.05, 4.69) is 71.1 Å². The monoisotopic (exact) mass is 289 g/mol. The average Bonchev–Trinajstić information content (AvgIpc) is 2.46. The Kier molecular flexibility index (Phi) is 8.03. The summed E-state index contributed by atoms with van der Waals surface area (Å²) in [6.45, 7) is 15.9. The second-order valence-electron chi connectivity index (χ2n) is 7.06. The van der Waals surface area contributed by atoms with E-state index in [1.54, 1.807) is 0 Å². The molecule has 0 saturated carbocycles. The van der Waals surface area contributed by atoms with Gasteiger partial charge in [0.15, 0.2) is 0 Å². The minimum Gasteiger partial charge on any atom is -0.316 e. The fraction of sp³-hybridized carbons (Fsp3) is 0.700. The maximum Gasteiger partial charge on any atom is 0.00229 e. The van der Waals surface area contributed by atoms with Crippen molar-refractivity contribution in [2.45, 2.75) is 66.2 Å². The van der Waals surface area contributed by atoms with Gasteiger partial charge in [-0.25, -0.2) is 0 Å².